The van der Waals surface area contributed by atoms with Gasteiger partial charge in [0.15, 0.2) is 5.84 Å². The predicted molar refractivity (Wildman–Crippen MR) is 75.3 cm³/mol. The number of carbonyl (C=O) groups excluding carboxylic acids is 1. The molecule has 0 atom stereocenters. The average Bonchev–Trinajstić information content (AvgIpc) is 2.45. The molecule has 110 valence electrons. The highest BCUT2D eigenvalue weighted by Crippen LogP contribution is 2.22. The summed E-state index contributed by atoms with van der Waals surface area (Å²) in [7, 11) is 1.55. The van der Waals surface area contributed by atoms with Gasteiger partial charge in [0.05, 0.1) is 23.9 Å². The number of benzene rings is 1. The lowest BCUT2D eigenvalue weighted by molar-refractivity contribution is -0.121. The molecule has 1 amide bonds. The summed E-state index contributed by atoms with van der Waals surface area (Å²) in [4.78, 5) is 11.6. The second kappa shape index (κ2) is 8.36. The van der Waals surface area contributed by atoms with Gasteiger partial charge in [0.1, 0.15) is 6.61 Å². The number of nitrogens with one attached hydrogen (secondary N) is 1. The highest BCUT2D eigenvalue weighted by molar-refractivity contribution is 6.34. The van der Waals surface area contributed by atoms with E-state index >= 15 is 0 Å². The maximum atomic E-state index is 11.6. The van der Waals surface area contributed by atoms with E-state index in [0.717, 1.165) is 0 Å². The Labute approximate surface area is 121 Å². The third kappa shape index (κ3) is 5.04. The molecule has 0 spiro atoms. The summed E-state index contributed by atoms with van der Waals surface area (Å²) in [5.41, 5.74) is 6.30. The summed E-state index contributed by atoms with van der Waals surface area (Å²) in [6, 6.07) is 4.61. The summed E-state index contributed by atoms with van der Waals surface area (Å²) < 4.78 is 9.86. The molecule has 4 N–H and O–H groups in total. The van der Waals surface area contributed by atoms with E-state index in [1.807, 2.05) is 0 Å². The molecule has 0 heterocycles. The van der Waals surface area contributed by atoms with Crippen molar-refractivity contribution in [3.8, 4) is 0 Å². The number of ether oxygens (including phenoxy) is 2. The molecule has 0 aliphatic carbocycles. The van der Waals surface area contributed by atoms with Gasteiger partial charge in [-0.3, -0.25) is 4.79 Å². The van der Waals surface area contributed by atoms with E-state index in [4.69, 9.17) is 32.0 Å². The van der Waals surface area contributed by atoms with Gasteiger partial charge in [0, 0.05) is 12.7 Å². The number of anilines is 1. The Bertz CT molecular complexity index is 494. The largest absolute Gasteiger partial charge is 0.409 e. The molecule has 8 heteroatoms. The molecule has 0 saturated heterocycles. The van der Waals surface area contributed by atoms with Crippen molar-refractivity contribution in [2.75, 3.05) is 32.2 Å². The van der Waals surface area contributed by atoms with Gasteiger partial charge < -0.3 is 25.7 Å². The lowest BCUT2D eigenvalue weighted by Crippen LogP contribution is -2.20. The minimum Gasteiger partial charge on any atom is -0.409 e. The highest BCUT2D eigenvalue weighted by atomic mass is 35.5. The number of oxime groups is 1. The Morgan fingerprint density at radius 2 is 2.25 bits per heavy atom. The van der Waals surface area contributed by atoms with Crippen LogP contribution in [0.3, 0.4) is 0 Å². The zero-order valence-electron chi connectivity index (χ0n) is 10.9. The van der Waals surface area contributed by atoms with Crippen molar-refractivity contribution in [3.05, 3.63) is 28.8 Å². The summed E-state index contributed by atoms with van der Waals surface area (Å²) in [6.45, 7) is 0.657. The fourth-order valence-corrected chi connectivity index (χ4v) is 1.55. The van der Waals surface area contributed by atoms with Crippen molar-refractivity contribution in [2.24, 2.45) is 10.9 Å². The molecule has 20 heavy (non-hydrogen) atoms. The number of methoxy groups -OCH3 is 1. The van der Waals surface area contributed by atoms with E-state index in [1.165, 1.54) is 6.07 Å². The first-order valence-corrected chi connectivity index (χ1v) is 6.10. The number of hydrogen-bond acceptors (Lipinski definition) is 5. The van der Waals surface area contributed by atoms with Gasteiger partial charge >= 0.3 is 0 Å². The van der Waals surface area contributed by atoms with Crippen LogP contribution in [0.5, 0.6) is 0 Å². The summed E-state index contributed by atoms with van der Waals surface area (Å²) in [5.74, 6) is -0.396. The van der Waals surface area contributed by atoms with Crippen molar-refractivity contribution in [3.63, 3.8) is 0 Å². The van der Waals surface area contributed by atoms with E-state index in [2.05, 4.69) is 10.5 Å². The number of hydrogen-bond donors (Lipinski definition) is 3. The van der Waals surface area contributed by atoms with E-state index in [1.54, 1.807) is 19.2 Å². The van der Waals surface area contributed by atoms with Gasteiger partial charge in [-0.2, -0.15) is 0 Å². The molecule has 0 radical (unpaired) electrons. The third-order valence-corrected chi connectivity index (χ3v) is 2.62. The van der Waals surface area contributed by atoms with Crippen LogP contribution >= 0.6 is 11.6 Å². The third-order valence-electron chi connectivity index (χ3n) is 2.31. The zero-order chi connectivity index (χ0) is 15.0. The number of nitrogens with zero attached hydrogens (tertiary/aromatic N) is 1. The number of carbonyl (C=O) groups is 1. The van der Waals surface area contributed by atoms with Crippen LogP contribution in [0.25, 0.3) is 0 Å². The summed E-state index contributed by atoms with van der Waals surface area (Å²) in [6.07, 6.45) is 0. The second-order valence-electron chi connectivity index (χ2n) is 3.77. The number of amides is 1. The number of halogens is 1. The molecule has 1 rings (SSSR count). The molecule has 0 unspecified atom stereocenters. The summed E-state index contributed by atoms with van der Waals surface area (Å²) >= 11 is 5.99. The van der Waals surface area contributed by atoms with Crippen LogP contribution in [0.4, 0.5) is 5.69 Å². The Kier molecular flexibility index (Phi) is 6.78. The first-order valence-electron chi connectivity index (χ1n) is 5.72. The van der Waals surface area contributed by atoms with E-state index in [0.29, 0.717) is 24.5 Å². The van der Waals surface area contributed by atoms with Gasteiger partial charge in [-0.25, -0.2) is 0 Å². The molecule has 1 aromatic carbocycles. The van der Waals surface area contributed by atoms with Gasteiger partial charge in [-0.1, -0.05) is 16.8 Å². The van der Waals surface area contributed by atoms with Crippen molar-refractivity contribution in [1.29, 1.82) is 0 Å². The molecule has 0 aliphatic rings. The van der Waals surface area contributed by atoms with Crippen LogP contribution in [0.15, 0.2) is 23.4 Å². The number of rotatable bonds is 7. The first-order chi connectivity index (χ1) is 9.58. The second-order valence-corrected chi connectivity index (χ2v) is 4.18. The molecule has 0 aromatic heterocycles. The smallest absolute Gasteiger partial charge is 0.250 e. The first kappa shape index (κ1) is 16.2. The minimum atomic E-state index is -0.334. The quantitative estimate of drug-likeness (QED) is 0.229. The number of nitrogens with two attached hydrogens (primary N) is 1. The van der Waals surface area contributed by atoms with Crippen LogP contribution in [0, 0.1) is 0 Å². The van der Waals surface area contributed by atoms with E-state index < -0.39 is 0 Å². The number of amidine groups is 1. The molecule has 0 bridgehead atoms. The molecule has 0 aliphatic heterocycles. The maximum absolute atomic E-state index is 11.6. The van der Waals surface area contributed by atoms with Crippen LogP contribution < -0.4 is 11.1 Å². The molecule has 0 saturated carbocycles. The molecule has 0 fully saturated rings. The normalized spacial score (nSPS) is 11.4. The Balaban J connectivity index is 2.58. The van der Waals surface area contributed by atoms with Crippen LogP contribution in [0.2, 0.25) is 5.02 Å². The summed E-state index contributed by atoms with van der Waals surface area (Å²) in [5, 5.41) is 14.3. The van der Waals surface area contributed by atoms with Crippen molar-refractivity contribution in [1.82, 2.24) is 0 Å². The Morgan fingerprint density at radius 3 is 2.85 bits per heavy atom. The van der Waals surface area contributed by atoms with Gasteiger partial charge in [0.2, 0.25) is 5.91 Å². The Morgan fingerprint density at radius 1 is 1.50 bits per heavy atom. The van der Waals surface area contributed by atoms with Crippen molar-refractivity contribution < 1.29 is 19.5 Å². The van der Waals surface area contributed by atoms with Gasteiger partial charge in [-0.05, 0) is 18.2 Å². The van der Waals surface area contributed by atoms with Crippen LogP contribution in [0.1, 0.15) is 5.56 Å². The topological polar surface area (TPSA) is 106 Å². The average molecular weight is 302 g/mol. The molecule has 1 aromatic rings. The lowest BCUT2D eigenvalue weighted by atomic mass is 10.2. The van der Waals surface area contributed by atoms with Crippen molar-refractivity contribution in [2.45, 2.75) is 0 Å². The molecular weight excluding hydrogens is 286 g/mol. The fraction of sp³-hybridized carbons (Fsp3) is 0.333. The van der Waals surface area contributed by atoms with E-state index in [9.17, 15) is 4.79 Å². The van der Waals surface area contributed by atoms with Crippen LogP contribution in [-0.2, 0) is 14.3 Å². The standard InChI is InChI=1S/C12H16ClN3O4/c1-19-4-5-20-7-11(17)15-10-3-2-8(6-9(10)13)12(14)16-18/h2-3,6,18H,4-5,7H2,1H3,(H2,14,16)(H,15,17). The van der Waals surface area contributed by atoms with Gasteiger partial charge in [-0.15, -0.1) is 0 Å². The SMILES string of the molecule is COCCOCC(=O)Nc1ccc(/C(N)=N/O)cc1Cl. The lowest BCUT2D eigenvalue weighted by Gasteiger charge is -2.09. The van der Waals surface area contributed by atoms with Crippen LogP contribution in [-0.4, -0.2) is 43.9 Å². The Hall–Kier alpha value is -1.83. The van der Waals surface area contributed by atoms with Gasteiger partial charge in [0.25, 0.3) is 0 Å². The molecular formula is C12H16ClN3O4. The monoisotopic (exact) mass is 301 g/mol. The maximum Gasteiger partial charge on any atom is 0.250 e. The zero-order valence-corrected chi connectivity index (χ0v) is 11.7. The minimum absolute atomic E-state index is 0.0623. The highest BCUT2D eigenvalue weighted by Gasteiger charge is 2.08. The van der Waals surface area contributed by atoms with Crippen molar-refractivity contribution >= 4 is 29.0 Å². The fourth-order valence-electron chi connectivity index (χ4n) is 1.33. The van der Waals surface area contributed by atoms with E-state index in [-0.39, 0.29) is 23.4 Å². The predicted octanol–water partition coefficient (Wildman–Crippen LogP) is 1.04. The molecule has 7 nitrogen and oxygen atoms in total.